The first kappa shape index (κ1) is 24.1. The summed E-state index contributed by atoms with van der Waals surface area (Å²) in [5.74, 6) is 0.895. The van der Waals surface area contributed by atoms with Gasteiger partial charge in [0.2, 0.25) is 0 Å². The molecule has 0 atom stereocenters. The summed E-state index contributed by atoms with van der Waals surface area (Å²) in [6, 6.07) is 5.19. The molecule has 1 aromatic carbocycles. The van der Waals surface area contributed by atoms with Gasteiger partial charge in [0, 0.05) is 12.7 Å². The van der Waals surface area contributed by atoms with E-state index >= 15 is 0 Å². The number of fused-ring (bicyclic) bond motifs is 2. The molecule has 0 unspecified atom stereocenters. The summed E-state index contributed by atoms with van der Waals surface area (Å²) in [5.41, 5.74) is 6.50. The number of hydrogen-bond donors (Lipinski definition) is 5. The van der Waals surface area contributed by atoms with Crippen LogP contribution in [0.2, 0.25) is 0 Å². The van der Waals surface area contributed by atoms with E-state index in [1.54, 1.807) is 18.2 Å². The summed E-state index contributed by atoms with van der Waals surface area (Å²) < 4.78 is 5.29. The number of ether oxygens (including phenoxy) is 1. The van der Waals surface area contributed by atoms with Gasteiger partial charge in [0.05, 0.1) is 17.7 Å². The van der Waals surface area contributed by atoms with E-state index in [0.717, 1.165) is 11.9 Å². The molecule has 3 heterocycles. The van der Waals surface area contributed by atoms with Gasteiger partial charge in [0.1, 0.15) is 23.2 Å². The highest BCUT2D eigenvalue weighted by Gasteiger charge is 2.19. The fourth-order valence-corrected chi connectivity index (χ4v) is 2.78. The van der Waals surface area contributed by atoms with E-state index in [2.05, 4.69) is 37.9 Å². The lowest BCUT2D eigenvalue weighted by Crippen LogP contribution is -2.26. The molecule has 0 bridgehead atoms. The lowest BCUT2D eigenvalue weighted by atomic mass is 10.1. The maximum absolute atomic E-state index is 12.5. The van der Waals surface area contributed by atoms with Crippen molar-refractivity contribution in [2.24, 2.45) is 5.73 Å². The number of benzene rings is 1. The summed E-state index contributed by atoms with van der Waals surface area (Å²) in [5, 5.41) is 14.6. The number of amides is 2. The second-order valence-corrected chi connectivity index (χ2v) is 6.21. The molecule has 0 fully saturated rings. The van der Waals surface area contributed by atoms with Gasteiger partial charge in [-0.1, -0.05) is 12.0 Å². The Hall–Kier alpha value is -4.14. The van der Waals surface area contributed by atoms with Crippen LogP contribution in [-0.2, 0) is 11.3 Å². The Labute approximate surface area is 188 Å². The zero-order valence-corrected chi connectivity index (χ0v) is 17.4. The number of carbonyl (C=O) groups is 3. The number of H-pyrrole nitrogens is 1. The number of aromatic amines is 1. The number of carboxylic acids is 1. The Morgan fingerprint density at radius 3 is 2.78 bits per heavy atom. The van der Waals surface area contributed by atoms with E-state index in [9.17, 15) is 14.4 Å². The highest BCUT2D eigenvalue weighted by molar-refractivity contribution is 6.08. The van der Waals surface area contributed by atoms with Crippen molar-refractivity contribution in [2.75, 3.05) is 18.5 Å². The van der Waals surface area contributed by atoms with E-state index in [0.29, 0.717) is 18.0 Å². The van der Waals surface area contributed by atoms with Gasteiger partial charge in [-0.15, -0.1) is 18.8 Å². The Kier molecular flexibility index (Phi) is 8.11. The van der Waals surface area contributed by atoms with Gasteiger partial charge in [-0.2, -0.15) is 0 Å². The first-order valence-corrected chi connectivity index (χ1v) is 8.97. The van der Waals surface area contributed by atoms with Crippen molar-refractivity contribution in [2.45, 2.75) is 6.54 Å². The molecular weight excluding hydrogens is 440 g/mol. The summed E-state index contributed by atoms with van der Waals surface area (Å²) in [6.07, 6.45) is 7.06. The molecule has 0 spiro atoms. The molecule has 0 radical (unpaired) electrons. The third-order valence-corrected chi connectivity index (χ3v) is 4.16. The monoisotopic (exact) mass is 458 g/mol. The lowest BCUT2D eigenvalue weighted by molar-refractivity contribution is -0.118. The number of nitrogens with one attached hydrogen (secondary N) is 3. The van der Waals surface area contributed by atoms with Crippen LogP contribution in [0.25, 0.3) is 11.0 Å². The van der Waals surface area contributed by atoms with Crippen LogP contribution < -0.4 is 21.1 Å². The molecule has 6 N–H and O–H groups in total. The fraction of sp³-hybridized carbons (Fsp3) is 0.150. The zero-order chi connectivity index (χ0) is 22.4. The molecule has 3 aromatic rings. The molecule has 4 rings (SSSR count). The second kappa shape index (κ2) is 10.8. The third-order valence-electron chi connectivity index (χ3n) is 4.16. The molecule has 0 saturated heterocycles. The minimum absolute atomic E-state index is 0. The largest absolute Gasteiger partial charge is 0.482 e. The number of aromatic carboxylic acids is 1. The lowest BCUT2D eigenvalue weighted by Gasteiger charge is -2.18. The average Bonchev–Trinajstić information content (AvgIpc) is 3.22. The topological polar surface area (TPSA) is 172 Å². The van der Waals surface area contributed by atoms with E-state index in [4.69, 9.17) is 15.6 Å². The van der Waals surface area contributed by atoms with Crippen LogP contribution in [0.4, 0.5) is 5.69 Å². The van der Waals surface area contributed by atoms with Crippen LogP contribution in [0.3, 0.4) is 0 Å². The minimum Gasteiger partial charge on any atom is -0.482 e. The molecule has 2 aromatic heterocycles. The van der Waals surface area contributed by atoms with E-state index in [1.165, 1.54) is 6.20 Å². The van der Waals surface area contributed by atoms with Crippen molar-refractivity contribution in [3.63, 3.8) is 0 Å². The molecule has 1 aliphatic heterocycles. The molecule has 166 valence electrons. The summed E-state index contributed by atoms with van der Waals surface area (Å²) in [4.78, 5) is 45.7. The highest BCUT2D eigenvalue weighted by atomic mass is 35.5. The number of nitrogens with two attached hydrogens (primary N) is 1. The van der Waals surface area contributed by atoms with Crippen molar-refractivity contribution >= 4 is 46.9 Å². The number of aromatic nitrogens is 3. The number of halogens is 1. The van der Waals surface area contributed by atoms with Gasteiger partial charge in [0.25, 0.3) is 11.8 Å². The van der Waals surface area contributed by atoms with Gasteiger partial charge in [-0.3, -0.25) is 9.59 Å². The van der Waals surface area contributed by atoms with Gasteiger partial charge < -0.3 is 31.2 Å². The standard InChI is InChI=1S/C17H13N5O5.C3H5N.ClH/c23-12-6-27-11-2-1-8(3-10(11)22-12)4-19-16(24)15-14-13(20-7-21-15)9(5-18-14)17(25)26;1-2-3-4;/h1-3,5,7,18H,4,6H2,(H,19,24)(H,22,23)(H,25,26);1H,3-4H2;1H. The van der Waals surface area contributed by atoms with Crippen molar-refractivity contribution in [3.8, 4) is 18.1 Å². The average molecular weight is 459 g/mol. The van der Waals surface area contributed by atoms with Crippen molar-refractivity contribution in [3.05, 3.63) is 47.5 Å². The van der Waals surface area contributed by atoms with Crippen LogP contribution >= 0.6 is 12.4 Å². The van der Waals surface area contributed by atoms with E-state index < -0.39 is 11.9 Å². The Morgan fingerprint density at radius 1 is 1.34 bits per heavy atom. The number of terminal acetylenes is 1. The molecular formula is C20H19ClN6O5. The van der Waals surface area contributed by atoms with Crippen LogP contribution in [0.15, 0.2) is 30.7 Å². The maximum Gasteiger partial charge on any atom is 0.339 e. The number of rotatable bonds is 4. The molecule has 1 aliphatic rings. The van der Waals surface area contributed by atoms with Crippen LogP contribution in [-0.4, -0.2) is 51.0 Å². The zero-order valence-electron chi connectivity index (χ0n) is 16.5. The van der Waals surface area contributed by atoms with Crippen LogP contribution in [0, 0.1) is 12.3 Å². The first-order valence-electron chi connectivity index (χ1n) is 8.97. The number of carboxylic acid groups (broad SMARTS) is 1. The maximum atomic E-state index is 12.5. The highest BCUT2D eigenvalue weighted by Crippen LogP contribution is 2.28. The number of carbonyl (C=O) groups excluding carboxylic acids is 2. The van der Waals surface area contributed by atoms with Gasteiger partial charge in [-0.25, -0.2) is 14.8 Å². The summed E-state index contributed by atoms with van der Waals surface area (Å²) in [7, 11) is 0. The van der Waals surface area contributed by atoms with Crippen LogP contribution in [0.1, 0.15) is 26.4 Å². The molecule has 0 aliphatic carbocycles. The predicted octanol–water partition coefficient (Wildman–Crippen LogP) is 0.917. The number of hydrogen-bond acceptors (Lipinski definition) is 7. The minimum atomic E-state index is -1.15. The van der Waals surface area contributed by atoms with Gasteiger partial charge in [-0.05, 0) is 17.7 Å². The van der Waals surface area contributed by atoms with E-state index in [1.807, 2.05) is 0 Å². The first-order chi connectivity index (χ1) is 14.9. The van der Waals surface area contributed by atoms with Crippen molar-refractivity contribution in [1.82, 2.24) is 20.3 Å². The fourth-order valence-electron chi connectivity index (χ4n) is 2.78. The Morgan fingerprint density at radius 2 is 2.09 bits per heavy atom. The molecule has 12 heteroatoms. The molecule has 11 nitrogen and oxygen atoms in total. The number of nitrogens with zero attached hydrogens (tertiary/aromatic N) is 2. The third kappa shape index (κ3) is 5.31. The van der Waals surface area contributed by atoms with E-state index in [-0.39, 0.29) is 53.8 Å². The molecule has 32 heavy (non-hydrogen) atoms. The van der Waals surface area contributed by atoms with Crippen LogP contribution in [0.5, 0.6) is 5.75 Å². The quantitative estimate of drug-likeness (QED) is 0.359. The Balaban J connectivity index is 0.000000672. The summed E-state index contributed by atoms with van der Waals surface area (Å²) in [6.45, 7) is 0.501. The molecule has 2 amide bonds. The second-order valence-electron chi connectivity index (χ2n) is 6.21. The Bertz CT molecular complexity index is 1200. The van der Waals surface area contributed by atoms with Crippen molar-refractivity contribution < 1.29 is 24.2 Å². The van der Waals surface area contributed by atoms with Gasteiger partial charge in [0.15, 0.2) is 12.3 Å². The normalized spacial score (nSPS) is 11.4. The summed E-state index contributed by atoms with van der Waals surface area (Å²) >= 11 is 0. The molecule has 0 saturated carbocycles. The predicted molar refractivity (Wildman–Crippen MR) is 118 cm³/mol. The van der Waals surface area contributed by atoms with Gasteiger partial charge >= 0.3 is 5.97 Å². The number of anilines is 1. The smallest absolute Gasteiger partial charge is 0.339 e. The SMILES string of the molecule is C#CCN.Cl.O=C1COc2ccc(CNC(=O)c3ncnc4c(C(=O)O)c[nH]c34)cc2N1. The van der Waals surface area contributed by atoms with Crippen molar-refractivity contribution in [1.29, 1.82) is 0 Å².